The SMILES string of the molecule is CC1(C)Oc2cc(cnc2N)-c2c(C#N)ncn2Cc2cccnc2-c2ccc(F)cc21. The van der Waals surface area contributed by atoms with E-state index in [1.54, 1.807) is 30.9 Å². The third kappa shape index (κ3) is 3.15. The summed E-state index contributed by atoms with van der Waals surface area (Å²) in [4.78, 5) is 13.2. The summed E-state index contributed by atoms with van der Waals surface area (Å²) in [6.07, 6.45) is 4.90. The van der Waals surface area contributed by atoms with Crippen molar-refractivity contribution in [2.45, 2.75) is 26.0 Å². The number of pyridine rings is 2. The second-order valence-corrected chi connectivity index (χ2v) is 8.10. The van der Waals surface area contributed by atoms with Crippen LogP contribution in [0.25, 0.3) is 22.5 Å². The molecule has 0 unspecified atom stereocenters. The topological polar surface area (TPSA) is 103 Å². The van der Waals surface area contributed by atoms with Crippen molar-refractivity contribution in [2.75, 3.05) is 5.73 Å². The zero-order valence-corrected chi connectivity index (χ0v) is 17.5. The van der Waals surface area contributed by atoms with Crippen molar-refractivity contribution in [2.24, 2.45) is 0 Å². The van der Waals surface area contributed by atoms with Gasteiger partial charge >= 0.3 is 0 Å². The van der Waals surface area contributed by atoms with Gasteiger partial charge in [0.05, 0.1) is 24.3 Å². The number of aromatic nitrogens is 4. The number of nitrogens with two attached hydrogens (primary N) is 1. The summed E-state index contributed by atoms with van der Waals surface area (Å²) in [5, 5.41) is 9.64. The van der Waals surface area contributed by atoms with Crippen LogP contribution in [-0.2, 0) is 12.1 Å². The Labute approximate surface area is 184 Å². The summed E-state index contributed by atoms with van der Waals surface area (Å²) in [5.41, 5.74) is 9.65. The van der Waals surface area contributed by atoms with Gasteiger partial charge in [0.1, 0.15) is 17.5 Å². The molecular formula is C24H19FN6O. The number of nitrogens with zero attached hydrogens (tertiary/aromatic N) is 5. The number of halogens is 1. The molecular weight excluding hydrogens is 407 g/mol. The van der Waals surface area contributed by atoms with Crippen molar-refractivity contribution >= 4 is 5.82 Å². The fourth-order valence-corrected chi connectivity index (χ4v) is 4.10. The molecule has 1 aliphatic heterocycles. The first kappa shape index (κ1) is 19.7. The molecule has 2 N–H and O–H groups in total. The molecule has 5 rings (SSSR count). The standard InChI is InChI=1S/C24H19FN6O/c1-24(2)18-9-16(25)5-6-17(18)21-14(4-3-7-28-21)12-31-13-30-19(10-26)22(31)15-8-20(32-24)23(27)29-11-15/h3-9,11,13H,12H2,1-2H3,(H2,27,29). The van der Waals surface area contributed by atoms with Gasteiger partial charge in [-0.05, 0) is 49.7 Å². The Morgan fingerprint density at radius 3 is 2.84 bits per heavy atom. The van der Waals surface area contributed by atoms with Gasteiger partial charge in [-0.3, -0.25) is 4.98 Å². The number of hydrogen-bond acceptors (Lipinski definition) is 6. The molecule has 0 saturated carbocycles. The molecule has 3 aromatic heterocycles. The predicted molar refractivity (Wildman–Crippen MR) is 117 cm³/mol. The van der Waals surface area contributed by atoms with Crippen LogP contribution in [0.3, 0.4) is 0 Å². The predicted octanol–water partition coefficient (Wildman–Crippen LogP) is 4.28. The minimum atomic E-state index is -0.960. The first-order chi connectivity index (χ1) is 15.4. The molecule has 32 heavy (non-hydrogen) atoms. The summed E-state index contributed by atoms with van der Waals surface area (Å²) >= 11 is 0. The van der Waals surface area contributed by atoms with Gasteiger partial charge in [0.25, 0.3) is 0 Å². The second-order valence-electron chi connectivity index (χ2n) is 8.10. The molecule has 0 fully saturated rings. The monoisotopic (exact) mass is 426 g/mol. The number of hydrogen-bond donors (Lipinski definition) is 1. The Kier molecular flexibility index (Phi) is 4.41. The van der Waals surface area contributed by atoms with E-state index in [1.807, 2.05) is 30.5 Å². The van der Waals surface area contributed by atoms with Crippen LogP contribution in [0.1, 0.15) is 30.7 Å². The van der Waals surface area contributed by atoms with Gasteiger partial charge in [-0.1, -0.05) is 6.07 Å². The second kappa shape index (κ2) is 7.17. The van der Waals surface area contributed by atoms with E-state index in [2.05, 4.69) is 21.0 Å². The fraction of sp³-hybridized carbons (Fsp3) is 0.167. The van der Waals surface area contributed by atoms with Crippen molar-refractivity contribution in [1.82, 2.24) is 19.5 Å². The summed E-state index contributed by atoms with van der Waals surface area (Å²) in [6.45, 7) is 4.10. The van der Waals surface area contributed by atoms with Crippen LogP contribution >= 0.6 is 0 Å². The van der Waals surface area contributed by atoms with Crippen LogP contribution in [0, 0.1) is 17.1 Å². The average Bonchev–Trinajstić information content (AvgIpc) is 3.17. The number of nitrogen functional groups attached to an aromatic ring is 1. The number of ether oxygens (including phenoxy) is 1. The maximum Gasteiger partial charge on any atom is 0.166 e. The van der Waals surface area contributed by atoms with Gasteiger partial charge in [-0.25, -0.2) is 14.4 Å². The lowest BCUT2D eigenvalue weighted by atomic mass is 9.89. The minimum absolute atomic E-state index is 0.194. The van der Waals surface area contributed by atoms with Crippen molar-refractivity contribution in [3.63, 3.8) is 0 Å². The van der Waals surface area contributed by atoms with Crippen LogP contribution in [0.2, 0.25) is 0 Å². The van der Waals surface area contributed by atoms with Gasteiger partial charge in [0, 0.05) is 29.1 Å². The van der Waals surface area contributed by atoms with E-state index in [9.17, 15) is 9.65 Å². The lowest BCUT2D eigenvalue weighted by Crippen LogP contribution is -2.27. The van der Waals surface area contributed by atoms with Crippen molar-refractivity contribution in [1.29, 1.82) is 5.26 Å². The zero-order valence-electron chi connectivity index (χ0n) is 17.5. The number of rotatable bonds is 0. The first-order valence-corrected chi connectivity index (χ1v) is 10.0. The van der Waals surface area contributed by atoms with Crippen molar-refractivity contribution in [3.8, 4) is 34.3 Å². The summed E-state index contributed by atoms with van der Waals surface area (Å²) < 4.78 is 22.5. The molecule has 8 heteroatoms. The first-order valence-electron chi connectivity index (χ1n) is 10.0. The van der Waals surface area contributed by atoms with Gasteiger partial charge in [0.2, 0.25) is 0 Å². The van der Waals surface area contributed by atoms with Gasteiger partial charge < -0.3 is 15.0 Å². The highest BCUT2D eigenvalue weighted by atomic mass is 19.1. The molecule has 0 spiro atoms. The highest BCUT2D eigenvalue weighted by Crippen LogP contribution is 2.39. The summed E-state index contributed by atoms with van der Waals surface area (Å²) in [5.74, 6) is 0.154. The Hall–Kier alpha value is -4.25. The van der Waals surface area contributed by atoms with E-state index in [4.69, 9.17) is 10.5 Å². The Bertz CT molecular complexity index is 1400. The largest absolute Gasteiger partial charge is 0.479 e. The molecule has 0 aliphatic carbocycles. The summed E-state index contributed by atoms with van der Waals surface area (Å²) in [6, 6.07) is 12.3. The van der Waals surface area contributed by atoms with E-state index in [0.29, 0.717) is 34.8 Å². The summed E-state index contributed by atoms with van der Waals surface area (Å²) in [7, 11) is 0. The van der Waals surface area contributed by atoms with E-state index in [-0.39, 0.29) is 17.3 Å². The van der Waals surface area contributed by atoms with Crippen LogP contribution in [0.15, 0.2) is 55.1 Å². The smallest absolute Gasteiger partial charge is 0.166 e. The number of anilines is 1. The third-order valence-electron chi connectivity index (χ3n) is 5.58. The molecule has 158 valence electrons. The molecule has 7 nitrogen and oxygen atoms in total. The van der Waals surface area contributed by atoms with Crippen LogP contribution in [-0.4, -0.2) is 19.5 Å². The van der Waals surface area contributed by atoms with E-state index >= 15 is 0 Å². The van der Waals surface area contributed by atoms with E-state index in [1.165, 1.54) is 12.1 Å². The average molecular weight is 426 g/mol. The van der Waals surface area contributed by atoms with Crippen LogP contribution in [0.5, 0.6) is 5.75 Å². The number of fused-ring (bicyclic) bond motifs is 7. The number of benzene rings is 1. The maximum absolute atomic E-state index is 14.4. The van der Waals surface area contributed by atoms with Gasteiger partial charge in [0.15, 0.2) is 17.3 Å². The lowest BCUT2D eigenvalue weighted by molar-refractivity contribution is 0.109. The van der Waals surface area contributed by atoms with Crippen LogP contribution < -0.4 is 10.5 Å². The lowest BCUT2D eigenvalue weighted by Gasteiger charge is -2.30. The fourth-order valence-electron chi connectivity index (χ4n) is 4.10. The highest BCUT2D eigenvalue weighted by Gasteiger charge is 2.30. The maximum atomic E-state index is 14.4. The van der Waals surface area contributed by atoms with Crippen LogP contribution in [0.4, 0.5) is 10.2 Å². The zero-order chi connectivity index (χ0) is 22.5. The molecule has 4 aromatic rings. The molecule has 0 atom stereocenters. The molecule has 4 heterocycles. The van der Waals surface area contributed by atoms with E-state index < -0.39 is 5.60 Å². The minimum Gasteiger partial charge on any atom is -0.479 e. The Morgan fingerprint density at radius 2 is 2.03 bits per heavy atom. The number of imidazole rings is 1. The van der Waals surface area contributed by atoms with E-state index in [0.717, 1.165) is 11.1 Å². The molecule has 2 bridgehead atoms. The molecule has 1 aromatic carbocycles. The van der Waals surface area contributed by atoms with Gasteiger partial charge in [-0.15, -0.1) is 0 Å². The molecule has 0 radical (unpaired) electrons. The highest BCUT2D eigenvalue weighted by molar-refractivity contribution is 5.71. The van der Waals surface area contributed by atoms with Crippen molar-refractivity contribution < 1.29 is 9.13 Å². The third-order valence-corrected chi connectivity index (χ3v) is 5.58. The Balaban J connectivity index is 1.86. The number of nitriles is 1. The molecule has 1 aliphatic rings. The van der Waals surface area contributed by atoms with Crippen molar-refractivity contribution in [3.05, 3.63) is 77.8 Å². The molecule has 0 saturated heterocycles. The van der Waals surface area contributed by atoms with Gasteiger partial charge in [-0.2, -0.15) is 5.26 Å². The normalized spacial score (nSPS) is 13.9. The quantitative estimate of drug-likeness (QED) is 0.450. The Morgan fingerprint density at radius 1 is 1.19 bits per heavy atom. The molecule has 0 amide bonds.